The van der Waals surface area contributed by atoms with Crippen LogP contribution < -0.4 is 27.2 Å². The molecule has 2 aromatic rings. The minimum atomic E-state index is -0.762. The van der Waals surface area contributed by atoms with E-state index in [9.17, 15) is 19.2 Å². The molecule has 1 aromatic heterocycles. The Balaban J connectivity index is 1.52. The van der Waals surface area contributed by atoms with E-state index in [0.29, 0.717) is 11.3 Å². The summed E-state index contributed by atoms with van der Waals surface area (Å²) in [4.78, 5) is 56.0. The van der Waals surface area contributed by atoms with Crippen molar-refractivity contribution >= 4 is 41.3 Å². The number of nitrogen functional groups attached to an aromatic ring is 1. The summed E-state index contributed by atoms with van der Waals surface area (Å²) >= 11 is 0. The maximum atomic E-state index is 12.4. The number of carbonyl (C=O) groups is 4. The van der Waals surface area contributed by atoms with Gasteiger partial charge in [0, 0.05) is 30.4 Å². The number of benzene rings is 1. The third-order valence-electron chi connectivity index (χ3n) is 4.89. The second kappa shape index (κ2) is 10.1. The summed E-state index contributed by atoms with van der Waals surface area (Å²) in [7, 11) is 0. The molecule has 0 unspecified atom stereocenters. The fraction of sp³-hybridized carbons (Fsp3) is 0.391. The lowest BCUT2D eigenvalue weighted by Gasteiger charge is -2.19. The number of anilines is 3. The number of nitrogens with one attached hydrogen (secondary N) is 4. The monoisotopic (exact) mass is 499 g/mol. The highest BCUT2D eigenvalue weighted by molar-refractivity contribution is 5.99. The first-order valence-electron chi connectivity index (χ1n) is 11.1. The molecule has 0 atom stereocenters. The van der Waals surface area contributed by atoms with Crippen LogP contribution in [-0.4, -0.2) is 46.0 Å². The SMILES string of the molecule is CC(C)(C)OC(=O)NCCC(=O)NNC(=O)c1cnc(Nc2ccc3c(c2)C(C)(C)OC3=O)nc1N. The quantitative estimate of drug-likeness (QED) is 0.290. The van der Waals surface area contributed by atoms with Crippen molar-refractivity contribution in [2.24, 2.45) is 0 Å². The van der Waals surface area contributed by atoms with Crippen molar-refractivity contribution in [3.63, 3.8) is 0 Å². The fourth-order valence-corrected chi connectivity index (χ4v) is 3.25. The van der Waals surface area contributed by atoms with Gasteiger partial charge in [-0.25, -0.2) is 14.6 Å². The first-order chi connectivity index (χ1) is 16.7. The van der Waals surface area contributed by atoms with Crippen LogP contribution in [0.25, 0.3) is 0 Å². The minimum Gasteiger partial charge on any atom is -0.451 e. The predicted octanol–water partition coefficient (Wildman–Crippen LogP) is 1.88. The Hall–Kier alpha value is -4.42. The third-order valence-corrected chi connectivity index (χ3v) is 4.89. The maximum Gasteiger partial charge on any atom is 0.407 e. The second-order valence-corrected chi connectivity index (χ2v) is 9.46. The van der Waals surface area contributed by atoms with E-state index in [1.165, 1.54) is 6.20 Å². The largest absolute Gasteiger partial charge is 0.451 e. The summed E-state index contributed by atoms with van der Waals surface area (Å²) in [6.45, 7) is 8.76. The van der Waals surface area contributed by atoms with E-state index in [1.54, 1.807) is 52.8 Å². The summed E-state index contributed by atoms with van der Waals surface area (Å²) in [5.74, 6) is -1.64. The van der Waals surface area contributed by atoms with E-state index in [0.717, 1.165) is 5.56 Å². The van der Waals surface area contributed by atoms with Crippen LogP contribution in [-0.2, 0) is 19.9 Å². The number of nitrogens with two attached hydrogens (primary N) is 1. The van der Waals surface area contributed by atoms with E-state index in [2.05, 4.69) is 31.5 Å². The molecule has 1 aliphatic rings. The average molecular weight is 500 g/mol. The van der Waals surface area contributed by atoms with E-state index < -0.39 is 29.1 Å². The predicted molar refractivity (Wildman–Crippen MR) is 129 cm³/mol. The summed E-state index contributed by atoms with van der Waals surface area (Å²) in [6.07, 6.45) is 0.464. The summed E-state index contributed by atoms with van der Waals surface area (Å²) < 4.78 is 10.4. The van der Waals surface area contributed by atoms with Gasteiger partial charge in [0.25, 0.3) is 5.91 Å². The van der Waals surface area contributed by atoms with Crippen LogP contribution in [0.4, 0.5) is 22.2 Å². The molecule has 192 valence electrons. The van der Waals surface area contributed by atoms with Crippen LogP contribution >= 0.6 is 0 Å². The van der Waals surface area contributed by atoms with Gasteiger partial charge in [-0.1, -0.05) is 0 Å². The van der Waals surface area contributed by atoms with Crippen molar-refractivity contribution in [3.05, 3.63) is 41.1 Å². The van der Waals surface area contributed by atoms with Crippen molar-refractivity contribution in [1.82, 2.24) is 26.1 Å². The molecule has 1 aromatic carbocycles. The van der Waals surface area contributed by atoms with Gasteiger partial charge in [0.2, 0.25) is 11.9 Å². The van der Waals surface area contributed by atoms with Crippen molar-refractivity contribution < 1.29 is 28.7 Å². The number of cyclic esters (lactones) is 1. The Kier molecular flexibility index (Phi) is 7.32. The minimum absolute atomic E-state index is 0.0163. The smallest absolute Gasteiger partial charge is 0.407 e. The Morgan fingerprint density at radius 3 is 2.56 bits per heavy atom. The molecule has 0 spiro atoms. The molecule has 6 N–H and O–H groups in total. The van der Waals surface area contributed by atoms with Crippen LogP contribution in [0, 0.1) is 0 Å². The van der Waals surface area contributed by atoms with Crippen molar-refractivity contribution in [3.8, 4) is 0 Å². The van der Waals surface area contributed by atoms with Gasteiger partial charge in [-0.15, -0.1) is 0 Å². The van der Waals surface area contributed by atoms with Gasteiger partial charge in [0.05, 0.1) is 5.56 Å². The molecule has 13 heteroatoms. The number of nitrogens with zero attached hydrogens (tertiary/aromatic N) is 2. The van der Waals surface area contributed by atoms with Crippen LogP contribution in [0.5, 0.6) is 0 Å². The van der Waals surface area contributed by atoms with E-state index in [-0.39, 0.29) is 36.3 Å². The Morgan fingerprint density at radius 2 is 1.89 bits per heavy atom. The first kappa shape index (κ1) is 26.2. The Bertz CT molecular complexity index is 1210. The molecule has 0 fully saturated rings. The lowest BCUT2D eigenvalue weighted by Crippen LogP contribution is -2.43. The Labute approximate surface area is 207 Å². The molecular formula is C23H29N7O6. The topological polar surface area (TPSA) is 187 Å². The van der Waals surface area contributed by atoms with Gasteiger partial charge in [0.1, 0.15) is 22.6 Å². The van der Waals surface area contributed by atoms with Crippen LogP contribution in [0.15, 0.2) is 24.4 Å². The van der Waals surface area contributed by atoms with Gasteiger partial charge in [0.15, 0.2) is 0 Å². The lowest BCUT2D eigenvalue weighted by atomic mass is 9.95. The highest BCUT2D eigenvalue weighted by atomic mass is 16.6. The molecule has 0 saturated carbocycles. The number of amides is 3. The molecule has 36 heavy (non-hydrogen) atoms. The molecule has 0 aliphatic carbocycles. The number of alkyl carbamates (subject to hydrolysis) is 1. The molecule has 13 nitrogen and oxygen atoms in total. The van der Waals surface area contributed by atoms with Gasteiger partial charge in [-0.05, 0) is 52.8 Å². The standard InChI is InChI=1S/C23H29N7O6/c1-22(2,3)36-21(34)25-9-8-16(31)29-30-18(32)14-11-26-20(28-17(14)24)27-12-6-7-13-15(10-12)23(4,5)35-19(13)33/h6-7,10-11H,8-9H2,1-5H3,(H,25,34)(H,29,31)(H,30,32)(H3,24,26,27,28). The number of fused-ring (bicyclic) bond motifs is 1. The number of carbonyl (C=O) groups excluding carboxylic acids is 4. The number of rotatable bonds is 6. The number of hydrogen-bond acceptors (Lipinski definition) is 10. The first-order valence-corrected chi connectivity index (χ1v) is 11.1. The number of hydrazine groups is 1. The lowest BCUT2D eigenvalue weighted by molar-refractivity contribution is -0.121. The normalized spacial score (nSPS) is 13.8. The molecule has 3 rings (SSSR count). The van der Waals surface area contributed by atoms with Crippen molar-refractivity contribution in [1.29, 1.82) is 0 Å². The van der Waals surface area contributed by atoms with E-state index in [4.69, 9.17) is 15.2 Å². The van der Waals surface area contributed by atoms with Gasteiger partial charge >= 0.3 is 12.1 Å². The van der Waals surface area contributed by atoms with Gasteiger partial charge in [-0.3, -0.25) is 20.4 Å². The zero-order chi connectivity index (χ0) is 26.7. The summed E-state index contributed by atoms with van der Waals surface area (Å²) in [6, 6.07) is 5.08. The van der Waals surface area contributed by atoms with Gasteiger partial charge < -0.3 is 25.8 Å². The van der Waals surface area contributed by atoms with Crippen molar-refractivity contribution in [2.45, 2.75) is 52.2 Å². The summed E-state index contributed by atoms with van der Waals surface area (Å²) in [5, 5.41) is 5.41. The van der Waals surface area contributed by atoms with Crippen molar-refractivity contribution in [2.75, 3.05) is 17.6 Å². The second-order valence-electron chi connectivity index (χ2n) is 9.46. The molecule has 0 bridgehead atoms. The number of hydrogen-bond donors (Lipinski definition) is 5. The van der Waals surface area contributed by atoms with Crippen LogP contribution in [0.1, 0.15) is 67.3 Å². The maximum absolute atomic E-state index is 12.4. The summed E-state index contributed by atoms with van der Waals surface area (Å²) in [5.41, 5.74) is 10.7. The number of aromatic nitrogens is 2. The highest BCUT2D eigenvalue weighted by Crippen LogP contribution is 2.37. The van der Waals surface area contributed by atoms with Crippen LogP contribution in [0.2, 0.25) is 0 Å². The number of esters is 1. The Morgan fingerprint density at radius 1 is 1.17 bits per heavy atom. The molecule has 2 heterocycles. The molecule has 3 amide bonds. The highest BCUT2D eigenvalue weighted by Gasteiger charge is 2.37. The van der Waals surface area contributed by atoms with Gasteiger partial charge in [-0.2, -0.15) is 4.98 Å². The molecule has 1 aliphatic heterocycles. The zero-order valence-electron chi connectivity index (χ0n) is 20.6. The molecular weight excluding hydrogens is 470 g/mol. The molecule has 0 radical (unpaired) electrons. The zero-order valence-corrected chi connectivity index (χ0v) is 20.6. The molecule has 0 saturated heterocycles. The van der Waals surface area contributed by atoms with E-state index in [1.807, 2.05) is 0 Å². The van der Waals surface area contributed by atoms with Crippen LogP contribution in [0.3, 0.4) is 0 Å². The fourth-order valence-electron chi connectivity index (χ4n) is 3.25. The van der Waals surface area contributed by atoms with E-state index >= 15 is 0 Å². The third kappa shape index (κ3) is 6.58. The number of ether oxygens (including phenoxy) is 2. The average Bonchev–Trinajstić information content (AvgIpc) is 2.98.